The van der Waals surface area contributed by atoms with Gasteiger partial charge in [-0.3, -0.25) is 0 Å². The lowest BCUT2D eigenvalue weighted by molar-refractivity contribution is 0.400. The van der Waals surface area contributed by atoms with Crippen molar-refractivity contribution in [3.63, 3.8) is 0 Å². The second-order valence-corrected chi connectivity index (χ2v) is 3.64. The van der Waals surface area contributed by atoms with Gasteiger partial charge in [-0.15, -0.1) is 0 Å². The first-order valence-electron chi connectivity index (χ1n) is 2.68. The molecule has 0 saturated heterocycles. The van der Waals surface area contributed by atoms with E-state index in [0.717, 1.165) is 8.85 Å². The van der Waals surface area contributed by atoms with Crippen LogP contribution in [-0.4, -0.2) is 16.2 Å². The molecule has 1 aromatic heterocycles. The van der Waals surface area contributed by atoms with E-state index in [0.29, 0.717) is 6.61 Å². The van der Waals surface area contributed by atoms with Gasteiger partial charge < -0.3 is 4.18 Å². The summed E-state index contributed by atoms with van der Waals surface area (Å²) in [6.45, 7) is 2.59. The van der Waals surface area contributed by atoms with Gasteiger partial charge in [0.05, 0.1) is 18.6 Å². The lowest BCUT2D eigenvalue weighted by Crippen LogP contribution is -1.78. The van der Waals surface area contributed by atoms with Crippen LogP contribution in [0.1, 0.15) is 6.92 Å². The van der Waals surface area contributed by atoms with Crippen LogP contribution in [0.2, 0.25) is 0 Å². The molecular formula is C4H6N2OS3. The topological polar surface area (TPSA) is 37.9 Å². The third kappa shape index (κ3) is 2.05. The molecule has 6 heteroatoms. The Kier molecular flexibility index (Phi) is 3.33. The zero-order valence-electron chi connectivity index (χ0n) is 5.29. The van der Waals surface area contributed by atoms with E-state index >= 15 is 0 Å². The van der Waals surface area contributed by atoms with Gasteiger partial charge in [0.2, 0.25) is 0 Å². The minimum absolute atomic E-state index is 0.664. The van der Waals surface area contributed by atoms with E-state index in [2.05, 4.69) is 9.59 Å². The third-order valence-electron chi connectivity index (χ3n) is 0.716. The largest absolute Gasteiger partial charge is 0.309 e. The van der Waals surface area contributed by atoms with E-state index in [1.165, 1.54) is 23.6 Å². The van der Waals surface area contributed by atoms with E-state index in [1.807, 2.05) is 6.92 Å². The summed E-state index contributed by atoms with van der Waals surface area (Å²) in [6, 6.07) is 0. The van der Waals surface area contributed by atoms with Crippen LogP contribution in [0.25, 0.3) is 0 Å². The molecule has 1 aromatic rings. The van der Waals surface area contributed by atoms with Gasteiger partial charge in [-0.2, -0.15) is 5.10 Å². The number of rotatable bonds is 3. The number of aromatic amines is 1. The van der Waals surface area contributed by atoms with Gasteiger partial charge in [0.15, 0.2) is 5.03 Å². The summed E-state index contributed by atoms with van der Waals surface area (Å²) in [5.41, 5.74) is 0. The van der Waals surface area contributed by atoms with Crippen molar-refractivity contribution in [2.45, 2.75) is 11.9 Å². The van der Waals surface area contributed by atoms with Crippen molar-refractivity contribution >= 4 is 35.8 Å². The van der Waals surface area contributed by atoms with Gasteiger partial charge in [0.25, 0.3) is 0 Å². The molecule has 0 aliphatic heterocycles. The average molecular weight is 194 g/mol. The Morgan fingerprint density at radius 3 is 3.20 bits per heavy atom. The number of nitrogens with zero attached hydrogens (tertiary/aromatic N) is 1. The van der Waals surface area contributed by atoms with Gasteiger partial charge in [0.1, 0.15) is 3.82 Å². The van der Waals surface area contributed by atoms with Crippen molar-refractivity contribution in [2.24, 2.45) is 0 Å². The lowest BCUT2D eigenvalue weighted by atomic mass is 10.9. The molecule has 56 valence electrons. The van der Waals surface area contributed by atoms with Crippen LogP contribution >= 0.6 is 35.8 Å². The molecule has 1 heterocycles. The molecule has 0 aromatic carbocycles. The molecule has 0 aliphatic carbocycles. The number of aromatic nitrogens is 2. The van der Waals surface area contributed by atoms with E-state index < -0.39 is 0 Å². The van der Waals surface area contributed by atoms with E-state index in [1.54, 1.807) is 0 Å². The highest BCUT2D eigenvalue weighted by molar-refractivity contribution is 7.95. The second-order valence-electron chi connectivity index (χ2n) is 1.39. The van der Waals surface area contributed by atoms with Gasteiger partial charge >= 0.3 is 0 Å². The quantitative estimate of drug-likeness (QED) is 0.591. The highest BCUT2D eigenvalue weighted by Crippen LogP contribution is 2.18. The Hall–Kier alpha value is 0.0900. The second kappa shape index (κ2) is 4.07. The predicted octanol–water partition coefficient (Wildman–Crippen LogP) is 2.24. The van der Waals surface area contributed by atoms with E-state index in [-0.39, 0.29) is 0 Å². The van der Waals surface area contributed by atoms with Crippen LogP contribution < -0.4 is 0 Å². The smallest absolute Gasteiger partial charge is 0.174 e. The molecule has 0 bridgehead atoms. The van der Waals surface area contributed by atoms with E-state index in [9.17, 15) is 0 Å². The predicted molar refractivity (Wildman–Crippen MR) is 44.8 cm³/mol. The number of H-pyrrole nitrogens is 1. The van der Waals surface area contributed by atoms with Crippen molar-refractivity contribution in [3.8, 4) is 0 Å². The van der Waals surface area contributed by atoms with Gasteiger partial charge in [-0.05, 0) is 18.5 Å². The summed E-state index contributed by atoms with van der Waals surface area (Å²) >= 11 is 7.47. The average Bonchev–Trinajstić information content (AvgIpc) is 2.31. The van der Waals surface area contributed by atoms with Gasteiger partial charge in [-0.1, -0.05) is 12.2 Å². The fourth-order valence-corrected chi connectivity index (χ4v) is 1.64. The molecule has 0 saturated carbocycles. The van der Waals surface area contributed by atoms with Crippen molar-refractivity contribution in [1.82, 2.24) is 9.59 Å². The van der Waals surface area contributed by atoms with Crippen molar-refractivity contribution in [3.05, 3.63) is 3.82 Å². The summed E-state index contributed by atoms with van der Waals surface area (Å²) in [6.07, 6.45) is 0. The fraction of sp³-hybridized carbons (Fsp3) is 0.500. The van der Waals surface area contributed by atoms with Crippen LogP contribution in [0.15, 0.2) is 5.03 Å². The summed E-state index contributed by atoms with van der Waals surface area (Å²) < 4.78 is 8.48. The van der Waals surface area contributed by atoms with E-state index in [4.69, 9.17) is 16.4 Å². The first-order chi connectivity index (χ1) is 4.84. The maximum atomic E-state index is 5.03. The number of hydrogen-bond donors (Lipinski definition) is 1. The molecule has 0 aliphatic rings. The van der Waals surface area contributed by atoms with Crippen molar-refractivity contribution in [1.29, 1.82) is 0 Å². The molecule has 1 rings (SSSR count). The summed E-state index contributed by atoms with van der Waals surface area (Å²) in [7, 11) is 0. The monoisotopic (exact) mass is 194 g/mol. The van der Waals surface area contributed by atoms with Gasteiger partial charge in [0, 0.05) is 0 Å². The highest BCUT2D eigenvalue weighted by Gasteiger charge is 1.98. The van der Waals surface area contributed by atoms with Crippen LogP contribution in [-0.2, 0) is 4.18 Å². The number of nitrogens with one attached hydrogen (secondary N) is 1. The minimum atomic E-state index is 0.664. The summed E-state index contributed by atoms with van der Waals surface area (Å²) in [5, 5.41) is 4.63. The molecule has 0 unspecified atom stereocenters. The zero-order chi connectivity index (χ0) is 7.40. The normalized spacial score (nSPS) is 10.1. The Balaban J connectivity index is 2.57. The number of hydrogen-bond acceptors (Lipinski definition) is 5. The van der Waals surface area contributed by atoms with Crippen LogP contribution in [0, 0.1) is 3.82 Å². The molecule has 1 N–H and O–H groups in total. The molecule has 0 radical (unpaired) electrons. The Bertz CT molecular complexity index is 243. The molecule has 0 fully saturated rings. The standard InChI is InChI=1S/C4H6N2OS3/c1-2-7-10-3-4(8)9-6-5-3/h6H,2H2,1H3. The lowest BCUT2D eigenvalue weighted by Gasteiger charge is -1.90. The van der Waals surface area contributed by atoms with Gasteiger partial charge in [-0.25, -0.2) is 4.49 Å². The zero-order valence-corrected chi connectivity index (χ0v) is 7.74. The first kappa shape index (κ1) is 8.19. The Morgan fingerprint density at radius 1 is 1.90 bits per heavy atom. The highest BCUT2D eigenvalue weighted by atomic mass is 32.2. The first-order valence-corrected chi connectivity index (χ1v) is 4.64. The maximum absolute atomic E-state index is 5.03. The third-order valence-corrected chi connectivity index (χ3v) is 2.79. The van der Waals surface area contributed by atoms with Crippen molar-refractivity contribution in [2.75, 3.05) is 6.61 Å². The van der Waals surface area contributed by atoms with Crippen molar-refractivity contribution < 1.29 is 4.18 Å². The SMILES string of the molecule is CCOSc1n[nH]sc1=S. The van der Waals surface area contributed by atoms with Crippen LogP contribution in [0.3, 0.4) is 0 Å². The van der Waals surface area contributed by atoms with Crippen LogP contribution in [0.5, 0.6) is 0 Å². The summed E-state index contributed by atoms with van der Waals surface area (Å²) in [4.78, 5) is 0. The maximum Gasteiger partial charge on any atom is 0.174 e. The molecule has 0 spiro atoms. The Morgan fingerprint density at radius 2 is 2.70 bits per heavy atom. The molecular weight excluding hydrogens is 188 g/mol. The summed E-state index contributed by atoms with van der Waals surface area (Å²) in [5.74, 6) is 0. The fourth-order valence-electron chi connectivity index (χ4n) is 0.362. The van der Waals surface area contributed by atoms with Crippen LogP contribution in [0.4, 0.5) is 0 Å². The molecule has 0 amide bonds. The minimum Gasteiger partial charge on any atom is -0.309 e. The molecule has 0 atom stereocenters. The molecule has 10 heavy (non-hydrogen) atoms. The molecule has 3 nitrogen and oxygen atoms in total. The Labute approximate surface area is 72.2 Å².